The predicted molar refractivity (Wildman–Crippen MR) is 86.6 cm³/mol. The maximum absolute atomic E-state index is 12.9. The molecule has 2 aromatic rings. The van der Waals surface area contributed by atoms with Gasteiger partial charge in [-0.05, 0) is 35.9 Å². The molecule has 0 saturated heterocycles. The Balaban J connectivity index is 2.09. The third kappa shape index (κ3) is 4.50. The highest BCUT2D eigenvalue weighted by atomic mass is 32.1. The van der Waals surface area contributed by atoms with Crippen LogP contribution in [0.25, 0.3) is 16.5 Å². The number of nitriles is 2. The first kappa shape index (κ1) is 16.4. The predicted octanol–water partition coefficient (Wildman–Crippen LogP) is 3.44. The zero-order chi connectivity index (χ0) is 16.7. The normalized spacial score (nSPS) is 10.2. The number of hydrogen-bond acceptors (Lipinski definition) is 4. The van der Waals surface area contributed by atoms with Crippen molar-refractivity contribution in [1.29, 1.82) is 10.5 Å². The van der Waals surface area contributed by atoms with Crippen molar-refractivity contribution in [1.82, 2.24) is 4.90 Å². The Hall–Kier alpha value is -2.96. The van der Waals surface area contributed by atoms with Gasteiger partial charge in [0.15, 0.2) is 0 Å². The molecule has 6 heteroatoms. The van der Waals surface area contributed by atoms with Crippen LogP contribution in [0.1, 0.15) is 4.88 Å². The van der Waals surface area contributed by atoms with Crippen molar-refractivity contribution in [2.24, 2.45) is 0 Å². The summed E-state index contributed by atoms with van der Waals surface area (Å²) in [5.41, 5.74) is 0.901. The summed E-state index contributed by atoms with van der Waals surface area (Å²) >= 11 is 1.46. The molecule has 4 nitrogen and oxygen atoms in total. The summed E-state index contributed by atoms with van der Waals surface area (Å²) in [6.07, 6.45) is 2.98. The fraction of sp³-hybridized carbons (Fsp3) is 0.118. The molecule has 23 heavy (non-hydrogen) atoms. The van der Waals surface area contributed by atoms with Gasteiger partial charge in [-0.2, -0.15) is 10.5 Å². The molecule has 0 radical (unpaired) electrons. The molecule has 0 N–H and O–H groups in total. The van der Waals surface area contributed by atoms with E-state index >= 15 is 0 Å². The lowest BCUT2D eigenvalue weighted by molar-refractivity contribution is -0.124. The first-order chi connectivity index (χ1) is 11.1. The van der Waals surface area contributed by atoms with E-state index in [-0.39, 0.29) is 24.8 Å². The van der Waals surface area contributed by atoms with E-state index in [4.69, 9.17) is 10.5 Å². The third-order valence-electron chi connectivity index (χ3n) is 2.98. The lowest BCUT2D eigenvalue weighted by atomic mass is 10.2. The van der Waals surface area contributed by atoms with Crippen LogP contribution in [-0.2, 0) is 4.79 Å². The molecule has 0 fully saturated rings. The van der Waals surface area contributed by atoms with Crippen LogP contribution in [-0.4, -0.2) is 23.9 Å². The molecule has 1 amide bonds. The minimum atomic E-state index is -0.384. The van der Waals surface area contributed by atoms with Gasteiger partial charge in [-0.1, -0.05) is 12.1 Å². The van der Waals surface area contributed by atoms with Crippen molar-refractivity contribution in [3.63, 3.8) is 0 Å². The van der Waals surface area contributed by atoms with Crippen LogP contribution < -0.4 is 0 Å². The fourth-order valence-corrected chi connectivity index (χ4v) is 2.77. The average Bonchev–Trinajstić information content (AvgIpc) is 3.02. The molecule has 1 aromatic heterocycles. The van der Waals surface area contributed by atoms with Gasteiger partial charge in [0.1, 0.15) is 18.9 Å². The van der Waals surface area contributed by atoms with Crippen molar-refractivity contribution < 1.29 is 9.18 Å². The van der Waals surface area contributed by atoms with Gasteiger partial charge in [0.05, 0.1) is 12.1 Å². The Morgan fingerprint density at radius 2 is 1.78 bits per heavy atom. The summed E-state index contributed by atoms with van der Waals surface area (Å²) in [6.45, 7) is -0.246. The first-order valence-corrected chi connectivity index (χ1v) is 7.52. The van der Waals surface area contributed by atoms with E-state index < -0.39 is 0 Å². The van der Waals surface area contributed by atoms with Crippen LogP contribution >= 0.6 is 11.3 Å². The van der Waals surface area contributed by atoms with Crippen LogP contribution in [0.4, 0.5) is 4.39 Å². The molecule has 1 aromatic carbocycles. The lowest BCUT2D eigenvalue weighted by Crippen LogP contribution is -2.30. The number of halogens is 1. The SMILES string of the molecule is N#CCN(CC#N)C(=O)/C=C/c1ccc(-c2ccc(F)cc2)s1. The molecule has 0 unspecified atom stereocenters. The van der Waals surface area contributed by atoms with Gasteiger partial charge in [-0.3, -0.25) is 4.79 Å². The molecule has 0 aliphatic rings. The summed E-state index contributed by atoms with van der Waals surface area (Å²) in [5.74, 6) is -0.670. The molecular weight excluding hydrogens is 313 g/mol. The van der Waals surface area contributed by atoms with Crippen molar-refractivity contribution >= 4 is 23.3 Å². The topological polar surface area (TPSA) is 67.9 Å². The Labute approximate surface area is 137 Å². The lowest BCUT2D eigenvalue weighted by Gasteiger charge is -2.12. The molecule has 0 atom stereocenters. The summed E-state index contributed by atoms with van der Waals surface area (Å²) in [4.78, 5) is 14.9. The monoisotopic (exact) mass is 325 g/mol. The number of nitrogens with zero attached hydrogens (tertiary/aromatic N) is 3. The summed E-state index contributed by atoms with van der Waals surface area (Å²) in [5, 5.41) is 17.3. The molecule has 0 spiro atoms. The van der Waals surface area contributed by atoms with Gasteiger partial charge in [0.25, 0.3) is 0 Å². The fourth-order valence-electron chi connectivity index (χ4n) is 1.85. The van der Waals surface area contributed by atoms with Gasteiger partial charge in [-0.25, -0.2) is 4.39 Å². The smallest absolute Gasteiger partial charge is 0.248 e. The van der Waals surface area contributed by atoms with Gasteiger partial charge in [-0.15, -0.1) is 11.3 Å². The quantitative estimate of drug-likeness (QED) is 0.624. The van der Waals surface area contributed by atoms with Crippen molar-refractivity contribution in [2.75, 3.05) is 13.1 Å². The van der Waals surface area contributed by atoms with E-state index in [0.29, 0.717) is 0 Å². The highest BCUT2D eigenvalue weighted by Crippen LogP contribution is 2.28. The third-order valence-corrected chi connectivity index (χ3v) is 4.08. The molecule has 0 saturated carbocycles. The van der Waals surface area contributed by atoms with Crippen LogP contribution in [0.5, 0.6) is 0 Å². The van der Waals surface area contributed by atoms with E-state index in [1.165, 1.54) is 29.5 Å². The van der Waals surface area contributed by atoms with Crippen molar-refractivity contribution in [2.45, 2.75) is 0 Å². The van der Waals surface area contributed by atoms with E-state index in [1.54, 1.807) is 18.2 Å². The number of thiophene rings is 1. The zero-order valence-corrected chi connectivity index (χ0v) is 12.9. The molecule has 1 heterocycles. The Bertz CT molecular complexity index is 780. The van der Waals surface area contributed by atoms with Crippen LogP contribution in [0.2, 0.25) is 0 Å². The molecule has 0 aliphatic carbocycles. The minimum absolute atomic E-state index is 0.123. The maximum Gasteiger partial charge on any atom is 0.248 e. The molecule has 2 rings (SSSR count). The van der Waals surface area contributed by atoms with Crippen LogP contribution in [0.15, 0.2) is 42.5 Å². The molecular formula is C17H12FN3OS. The van der Waals surface area contributed by atoms with Crippen LogP contribution in [0.3, 0.4) is 0 Å². The number of amides is 1. The number of carbonyl (C=O) groups excluding carboxylic acids is 1. The molecule has 0 bridgehead atoms. The zero-order valence-electron chi connectivity index (χ0n) is 12.1. The highest BCUT2D eigenvalue weighted by molar-refractivity contribution is 7.16. The van der Waals surface area contributed by atoms with Gasteiger partial charge >= 0.3 is 0 Å². The van der Waals surface area contributed by atoms with Gasteiger partial charge < -0.3 is 4.90 Å². The van der Waals surface area contributed by atoms with E-state index in [1.807, 2.05) is 24.3 Å². The standard InChI is InChI=1S/C17H12FN3OS/c18-14-3-1-13(2-4-14)16-7-5-15(23-16)6-8-17(22)21(11-9-19)12-10-20/h1-8H,11-12H2/b8-6+. The van der Waals surface area contributed by atoms with Crippen LogP contribution in [0, 0.1) is 28.5 Å². The van der Waals surface area contributed by atoms with Crippen molar-refractivity contribution in [3.8, 4) is 22.6 Å². The average molecular weight is 325 g/mol. The Kier molecular flexibility index (Phi) is 5.62. The van der Waals surface area contributed by atoms with E-state index in [9.17, 15) is 9.18 Å². The minimum Gasteiger partial charge on any atom is -0.313 e. The van der Waals surface area contributed by atoms with Gasteiger partial charge in [0, 0.05) is 15.8 Å². The molecule has 0 aliphatic heterocycles. The summed E-state index contributed by atoms with van der Waals surface area (Å²) < 4.78 is 12.9. The largest absolute Gasteiger partial charge is 0.313 e. The van der Waals surface area contributed by atoms with E-state index in [0.717, 1.165) is 20.2 Å². The maximum atomic E-state index is 12.9. The van der Waals surface area contributed by atoms with Crippen molar-refractivity contribution in [3.05, 3.63) is 53.2 Å². The number of rotatable bonds is 5. The first-order valence-electron chi connectivity index (χ1n) is 6.70. The van der Waals surface area contributed by atoms with E-state index in [2.05, 4.69) is 0 Å². The second-order valence-electron chi connectivity index (χ2n) is 4.55. The second kappa shape index (κ2) is 7.88. The van der Waals surface area contributed by atoms with Gasteiger partial charge in [0.2, 0.25) is 5.91 Å². The molecule has 114 valence electrons. The number of carbonyl (C=O) groups is 1. The summed E-state index contributed by atoms with van der Waals surface area (Å²) in [6, 6.07) is 13.6. The number of benzene rings is 1. The number of hydrogen-bond donors (Lipinski definition) is 0. The highest BCUT2D eigenvalue weighted by Gasteiger charge is 2.09. The Morgan fingerprint density at radius 3 is 2.39 bits per heavy atom. The Morgan fingerprint density at radius 1 is 1.13 bits per heavy atom. The summed E-state index contributed by atoms with van der Waals surface area (Å²) in [7, 11) is 0. The second-order valence-corrected chi connectivity index (χ2v) is 5.67.